The number of benzene rings is 2. The Morgan fingerprint density at radius 2 is 1.81 bits per heavy atom. The van der Waals surface area contributed by atoms with E-state index < -0.39 is 6.29 Å². The first-order valence-electron chi connectivity index (χ1n) is 10.8. The minimum atomic E-state index is -0.531. The Bertz CT molecular complexity index is 903. The molecule has 2 N–H and O–H groups in total. The fourth-order valence-electron chi connectivity index (χ4n) is 3.74. The Hall–Kier alpha value is -2.83. The van der Waals surface area contributed by atoms with E-state index in [1.54, 1.807) is 7.11 Å². The Labute approximate surface area is 182 Å². The number of ether oxygens (including phenoxy) is 3. The van der Waals surface area contributed by atoms with Crippen molar-refractivity contribution in [2.24, 2.45) is 0 Å². The highest BCUT2D eigenvalue weighted by atomic mass is 16.7. The van der Waals surface area contributed by atoms with Gasteiger partial charge in [-0.2, -0.15) is 0 Å². The first kappa shape index (κ1) is 21.4. The van der Waals surface area contributed by atoms with Gasteiger partial charge in [0.15, 0.2) is 5.76 Å². The molecule has 2 aromatic carbocycles. The molecule has 0 unspecified atom stereocenters. The number of carbonyl (C=O) groups is 1. The molecule has 4 rings (SSSR count). The zero-order valence-corrected chi connectivity index (χ0v) is 17.8. The number of nitrogens with one attached hydrogen (secondary N) is 1. The van der Waals surface area contributed by atoms with E-state index in [9.17, 15) is 9.90 Å². The van der Waals surface area contributed by atoms with Gasteiger partial charge in [-0.05, 0) is 54.2 Å². The molecule has 0 spiro atoms. The molecular formula is C25H29NO5. The fourth-order valence-corrected chi connectivity index (χ4v) is 3.74. The predicted molar refractivity (Wildman–Crippen MR) is 116 cm³/mol. The van der Waals surface area contributed by atoms with E-state index >= 15 is 0 Å². The van der Waals surface area contributed by atoms with Crippen molar-refractivity contribution < 1.29 is 24.1 Å². The number of allylic oxidation sites excluding steroid dienone is 1. The second-order valence-electron chi connectivity index (χ2n) is 8.08. The highest BCUT2D eigenvalue weighted by Gasteiger charge is 2.30. The van der Waals surface area contributed by atoms with Gasteiger partial charge >= 0.3 is 0 Å². The van der Waals surface area contributed by atoms with Crippen LogP contribution in [-0.4, -0.2) is 30.5 Å². The van der Waals surface area contributed by atoms with E-state index in [1.165, 1.54) is 0 Å². The lowest BCUT2D eigenvalue weighted by Gasteiger charge is -2.31. The van der Waals surface area contributed by atoms with Gasteiger partial charge in [0.1, 0.15) is 5.75 Å². The van der Waals surface area contributed by atoms with Crippen LogP contribution in [0.25, 0.3) is 0 Å². The maximum atomic E-state index is 12.8. The quantitative estimate of drug-likeness (QED) is 0.676. The molecule has 0 saturated heterocycles. The molecule has 2 atom stereocenters. The zero-order chi connectivity index (χ0) is 21.6. The highest BCUT2D eigenvalue weighted by Crippen LogP contribution is 2.33. The second-order valence-corrected chi connectivity index (χ2v) is 8.08. The van der Waals surface area contributed by atoms with Gasteiger partial charge in [-0.25, -0.2) is 0 Å². The summed E-state index contributed by atoms with van der Waals surface area (Å²) >= 11 is 0. The number of amides is 1. The lowest BCUT2D eigenvalue weighted by atomic mass is 9.91. The van der Waals surface area contributed by atoms with Crippen molar-refractivity contribution in [2.45, 2.75) is 57.1 Å². The average Bonchev–Trinajstić information content (AvgIpc) is 2.80. The molecule has 1 amide bonds. The van der Waals surface area contributed by atoms with Gasteiger partial charge in [-0.3, -0.25) is 4.79 Å². The first-order valence-corrected chi connectivity index (χ1v) is 10.8. The minimum absolute atomic E-state index is 0.00330. The summed E-state index contributed by atoms with van der Waals surface area (Å²) in [4.78, 5) is 12.8. The van der Waals surface area contributed by atoms with Crippen molar-refractivity contribution in [2.75, 3.05) is 7.11 Å². The lowest BCUT2D eigenvalue weighted by Crippen LogP contribution is -2.42. The molecule has 1 aliphatic heterocycles. The predicted octanol–water partition coefficient (Wildman–Crippen LogP) is 3.79. The highest BCUT2D eigenvalue weighted by molar-refractivity contribution is 5.92. The molecule has 0 radical (unpaired) electrons. The molecule has 6 heteroatoms. The van der Waals surface area contributed by atoms with Crippen LogP contribution in [0.3, 0.4) is 0 Å². The molecule has 1 saturated carbocycles. The van der Waals surface area contributed by atoms with Crippen LogP contribution in [0, 0.1) is 0 Å². The van der Waals surface area contributed by atoms with Gasteiger partial charge in [0.05, 0.1) is 20.3 Å². The molecule has 6 nitrogen and oxygen atoms in total. The Morgan fingerprint density at radius 3 is 2.42 bits per heavy atom. The van der Waals surface area contributed by atoms with Crippen LogP contribution < -0.4 is 10.1 Å². The van der Waals surface area contributed by atoms with Crippen LogP contribution in [0.15, 0.2) is 60.4 Å². The summed E-state index contributed by atoms with van der Waals surface area (Å²) in [6.07, 6.45) is 5.17. The third kappa shape index (κ3) is 5.46. The van der Waals surface area contributed by atoms with Crippen molar-refractivity contribution in [1.82, 2.24) is 5.32 Å². The van der Waals surface area contributed by atoms with E-state index in [2.05, 4.69) is 5.32 Å². The standard InChI is InChI=1S/C25H29NO5/c1-29-22-11-9-19(10-12-22)20-13-23(25(28)26-21-3-2-4-21)31-24(14-20)30-16-18-7-5-17(15-27)6-8-18/h5-13,20-21,24,27H,2-4,14-16H2,1H3,(H,26,28)/t20-,24+/m0/s1. The number of aliphatic hydroxyl groups is 1. The number of carbonyl (C=O) groups excluding carboxylic acids is 1. The summed E-state index contributed by atoms with van der Waals surface area (Å²) in [6, 6.07) is 15.7. The van der Waals surface area contributed by atoms with Gasteiger partial charge < -0.3 is 24.6 Å². The molecule has 2 aliphatic rings. The van der Waals surface area contributed by atoms with Crippen molar-refractivity contribution in [3.05, 3.63) is 77.1 Å². The number of hydrogen-bond acceptors (Lipinski definition) is 5. The van der Waals surface area contributed by atoms with E-state index in [0.29, 0.717) is 18.8 Å². The van der Waals surface area contributed by atoms with E-state index in [0.717, 1.165) is 41.7 Å². The van der Waals surface area contributed by atoms with Crippen LogP contribution in [-0.2, 0) is 27.5 Å². The first-order chi connectivity index (χ1) is 15.1. The molecule has 164 valence electrons. The molecule has 1 heterocycles. The van der Waals surface area contributed by atoms with Crippen LogP contribution in [0.2, 0.25) is 0 Å². The summed E-state index contributed by atoms with van der Waals surface area (Å²) in [5, 5.41) is 12.2. The summed E-state index contributed by atoms with van der Waals surface area (Å²) in [5.41, 5.74) is 2.92. The number of methoxy groups -OCH3 is 1. The maximum Gasteiger partial charge on any atom is 0.286 e. The molecular weight excluding hydrogens is 394 g/mol. The Kier molecular flexibility index (Phi) is 6.89. The van der Waals surface area contributed by atoms with Crippen molar-refractivity contribution in [3.63, 3.8) is 0 Å². The smallest absolute Gasteiger partial charge is 0.286 e. The fraction of sp³-hybridized carbons (Fsp3) is 0.400. The van der Waals surface area contributed by atoms with E-state index in [1.807, 2.05) is 54.6 Å². The molecule has 31 heavy (non-hydrogen) atoms. The van der Waals surface area contributed by atoms with Crippen LogP contribution in [0.5, 0.6) is 5.75 Å². The third-order valence-electron chi connectivity index (χ3n) is 5.91. The van der Waals surface area contributed by atoms with Crippen molar-refractivity contribution >= 4 is 5.91 Å². The summed E-state index contributed by atoms with van der Waals surface area (Å²) in [6.45, 7) is 0.379. The average molecular weight is 424 g/mol. The molecule has 2 aromatic rings. The van der Waals surface area contributed by atoms with E-state index in [-0.39, 0.29) is 24.5 Å². The lowest BCUT2D eigenvalue weighted by molar-refractivity contribution is -0.150. The summed E-state index contributed by atoms with van der Waals surface area (Å²) in [7, 11) is 1.64. The van der Waals surface area contributed by atoms with Gasteiger partial charge in [-0.15, -0.1) is 0 Å². The van der Waals surface area contributed by atoms with Gasteiger partial charge in [0.2, 0.25) is 6.29 Å². The Morgan fingerprint density at radius 1 is 1.10 bits per heavy atom. The summed E-state index contributed by atoms with van der Waals surface area (Å²) in [5.74, 6) is 0.939. The Balaban J connectivity index is 1.47. The van der Waals surface area contributed by atoms with Crippen LogP contribution in [0.1, 0.15) is 48.3 Å². The van der Waals surface area contributed by atoms with Gasteiger partial charge in [0, 0.05) is 18.4 Å². The third-order valence-corrected chi connectivity index (χ3v) is 5.91. The zero-order valence-electron chi connectivity index (χ0n) is 17.8. The monoisotopic (exact) mass is 423 g/mol. The largest absolute Gasteiger partial charge is 0.497 e. The molecule has 0 bridgehead atoms. The minimum Gasteiger partial charge on any atom is -0.497 e. The number of rotatable bonds is 8. The topological polar surface area (TPSA) is 77.0 Å². The molecule has 1 fully saturated rings. The van der Waals surface area contributed by atoms with E-state index in [4.69, 9.17) is 14.2 Å². The number of hydrogen-bond donors (Lipinski definition) is 2. The maximum absolute atomic E-state index is 12.8. The normalized spacial score (nSPS) is 20.9. The number of aliphatic hydroxyl groups excluding tert-OH is 1. The second kappa shape index (κ2) is 9.98. The van der Waals surface area contributed by atoms with Crippen molar-refractivity contribution in [1.29, 1.82) is 0 Å². The molecule has 1 aliphatic carbocycles. The SMILES string of the molecule is COc1ccc([C@H]2C=C(C(=O)NC3CCC3)O[C@@H](OCc3ccc(CO)cc3)C2)cc1. The van der Waals surface area contributed by atoms with Gasteiger partial charge in [0.25, 0.3) is 5.91 Å². The summed E-state index contributed by atoms with van der Waals surface area (Å²) < 4.78 is 17.2. The molecule has 0 aromatic heterocycles. The van der Waals surface area contributed by atoms with Gasteiger partial charge in [-0.1, -0.05) is 36.4 Å². The van der Waals surface area contributed by atoms with Crippen LogP contribution >= 0.6 is 0 Å². The van der Waals surface area contributed by atoms with Crippen molar-refractivity contribution in [3.8, 4) is 5.75 Å². The van der Waals surface area contributed by atoms with Crippen LogP contribution in [0.4, 0.5) is 0 Å².